The van der Waals surface area contributed by atoms with Crippen LogP contribution in [0, 0.1) is 5.82 Å². The maximum Gasteiger partial charge on any atom is 0.256 e. The molecule has 2 aromatic rings. The van der Waals surface area contributed by atoms with Crippen molar-refractivity contribution in [3.63, 3.8) is 0 Å². The van der Waals surface area contributed by atoms with E-state index in [0.717, 1.165) is 6.54 Å². The average Bonchev–Trinajstić information content (AvgIpc) is 2.45. The van der Waals surface area contributed by atoms with Gasteiger partial charge in [-0.2, -0.15) is 0 Å². The topological polar surface area (TPSA) is 58.1 Å². The number of hydrogen-bond donors (Lipinski definition) is 1. The van der Waals surface area contributed by atoms with E-state index in [4.69, 9.17) is 0 Å². The Kier molecular flexibility index (Phi) is 6.47. The van der Waals surface area contributed by atoms with E-state index >= 15 is 0 Å². The number of nitrogens with zero attached hydrogens (tertiary/aromatic N) is 3. The smallest absolute Gasteiger partial charge is 0.256 e. The number of benzene rings is 1. The molecule has 2 heterocycles. The summed E-state index contributed by atoms with van der Waals surface area (Å²) in [4.78, 5) is 22.5. The summed E-state index contributed by atoms with van der Waals surface area (Å²) in [5, 5.41) is 3.27. The van der Waals surface area contributed by atoms with Gasteiger partial charge >= 0.3 is 0 Å². The lowest BCUT2D eigenvalue weighted by Gasteiger charge is -2.32. The number of amides is 1. The van der Waals surface area contributed by atoms with E-state index in [-0.39, 0.29) is 42.3 Å². The predicted octanol–water partition coefficient (Wildman–Crippen LogP) is 2.05. The van der Waals surface area contributed by atoms with E-state index in [9.17, 15) is 9.18 Å². The van der Waals surface area contributed by atoms with Crippen LogP contribution in [0.4, 0.5) is 4.39 Å². The first-order valence-electron chi connectivity index (χ1n) is 6.58. The van der Waals surface area contributed by atoms with Crippen LogP contribution in [0.2, 0.25) is 0 Å². The Morgan fingerprint density at radius 1 is 1.32 bits per heavy atom. The maximum atomic E-state index is 13.7. The molecule has 3 rings (SSSR count). The molecule has 120 valence electrons. The first-order valence-corrected chi connectivity index (χ1v) is 6.58. The van der Waals surface area contributed by atoms with E-state index in [0.29, 0.717) is 24.1 Å². The monoisotopic (exact) mass is 346 g/mol. The van der Waals surface area contributed by atoms with E-state index in [1.807, 2.05) is 6.92 Å². The third-order valence-electron chi connectivity index (χ3n) is 3.42. The van der Waals surface area contributed by atoms with Gasteiger partial charge in [-0.3, -0.25) is 14.8 Å². The van der Waals surface area contributed by atoms with Crippen molar-refractivity contribution in [2.75, 3.05) is 19.6 Å². The summed E-state index contributed by atoms with van der Waals surface area (Å²) in [6, 6.07) is 2.77. The van der Waals surface area contributed by atoms with Crippen LogP contribution >= 0.6 is 24.8 Å². The summed E-state index contributed by atoms with van der Waals surface area (Å²) in [6.45, 7) is 3.98. The van der Waals surface area contributed by atoms with Gasteiger partial charge in [-0.05, 0) is 13.0 Å². The van der Waals surface area contributed by atoms with Crippen LogP contribution in [0.5, 0.6) is 0 Å². The lowest BCUT2D eigenvalue weighted by molar-refractivity contribution is 0.0710. The maximum absolute atomic E-state index is 13.7. The highest BCUT2D eigenvalue weighted by Crippen LogP contribution is 2.19. The van der Waals surface area contributed by atoms with Crippen molar-refractivity contribution in [3.05, 3.63) is 35.9 Å². The zero-order valence-electron chi connectivity index (χ0n) is 12.0. The molecule has 1 aliphatic heterocycles. The Balaban J connectivity index is 0.00000121. The molecular weight excluding hydrogens is 330 g/mol. The molecule has 1 aliphatic rings. The van der Waals surface area contributed by atoms with Crippen LogP contribution in [0.15, 0.2) is 24.5 Å². The first-order chi connectivity index (χ1) is 9.65. The van der Waals surface area contributed by atoms with Gasteiger partial charge in [-0.15, -0.1) is 24.8 Å². The van der Waals surface area contributed by atoms with Crippen molar-refractivity contribution in [1.29, 1.82) is 0 Å². The largest absolute Gasteiger partial charge is 0.336 e. The van der Waals surface area contributed by atoms with Gasteiger partial charge in [0.2, 0.25) is 0 Å². The molecule has 1 fully saturated rings. The highest BCUT2D eigenvalue weighted by Gasteiger charge is 2.24. The highest BCUT2D eigenvalue weighted by atomic mass is 35.5. The Hall–Kier alpha value is -1.50. The summed E-state index contributed by atoms with van der Waals surface area (Å²) in [6.07, 6.45) is 3.00. The molecule has 0 aliphatic carbocycles. The highest BCUT2D eigenvalue weighted by molar-refractivity contribution is 6.04. The van der Waals surface area contributed by atoms with E-state index in [2.05, 4.69) is 15.3 Å². The van der Waals surface area contributed by atoms with Crippen molar-refractivity contribution in [1.82, 2.24) is 20.2 Å². The van der Waals surface area contributed by atoms with Gasteiger partial charge in [0.05, 0.1) is 11.1 Å². The molecule has 1 saturated heterocycles. The summed E-state index contributed by atoms with van der Waals surface area (Å²) >= 11 is 0. The third-order valence-corrected chi connectivity index (χ3v) is 3.42. The van der Waals surface area contributed by atoms with Crippen LogP contribution in [-0.4, -0.2) is 46.5 Å². The second kappa shape index (κ2) is 7.67. The minimum atomic E-state index is -0.468. The zero-order chi connectivity index (χ0) is 14.1. The quantitative estimate of drug-likeness (QED) is 0.858. The van der Waals surface area contributed by atoms with Crippen LogP contribution < -0.4 is 5.32 Å². The average molecular weight is 347 g/mol. The minimum Gasteiger partial charge on any atom is -0.336 e. The molecule has 8 heteroatoms. The number of aromatic nitrogens is 2. The van der Waals surface area contributed by atoms with Gasteiger partial charge in [0.1, 0.15) is 11.3 Å². The van der Waals surface area contributed by atoms with Crippen molar-refractivity contribution < 1.29 is 9.18 Å². The van der Waals surface area contributed by atoms with Crippen molar-refractivity contribution in [2.24, 2.45) is 0 Å². The molecule has 5 nitrogen and oxygen atoms in total. The molecule has 0 bridgehead atoms. The molecule has 22 heavy (non-hydrogen) atoms. The predicted molar refractivity (Wildman–Crippen MR) is 87.4 cm³/mol. The standard InChI is InChI=1S/C14H15FN4O.2ClH/c1-9-8-19(5-4-16-9)14(20)11-6-10(15)7-12-13(11)18-3-2-17-12;;/h2-3,6-7,9,16H,4-5,8H2,1H3;2*1H. The Labute approximate surface area is 140 Å². The summed E-state index contributed by atoms with van der Waals surface area (Å²) < 4.78 is 13.7. The number of fused-ring (bicyclic) bond motifs is 1. The zero-order valence-corrected chi connectivity index (χ0v) is 13.6. The number of piperazine rings is 1. The van der Waals surface area contributed by atoms with Crippen molar-refractivity contribution in [3.8, 4) is 0 Å². The van der Waals surface area contributed by atoms with Crippen LogP contribution in [0.3, 0.4) is 0 Å². The molecular formula is C14H17Cl2FN4O. The summed E-state index contributed by atoms with van der Waals surface area (Å²) in [5.41, 5.74) is 1.13. The normalized spacial score (nSPS) is 17.5. The molecule has 0 radical (unpaired) electrons. The summed E-state index contributed by atoms with van der Waals surface area (Å²) in [5.74, 6) is -0.659. The first kappa shape index (κ1) is 18.5. The number of hydrogen-bond acceptors (Lipinski definition) is 4. The second-order valence-electron chi connectivity index (χ2n) is 4.98. The number of halogens is 3. The Bertz CT molecular complexity index is 670. The minimum absolute atomic E-state index is 0. The lowest BCUT2D eigenvalue weighted by atomic mass is 10.1. The SMILES string of the molecule is CC1CN(C(=O)c2cc(F)cc3nccnc23)CCN1.Cl.Cl. The molecule has 1 aromatic carbocycles. The van der Waals surface area contributed by atoms with Gasteiger partial charge in [0.15, 0.2) is 0 Å². The van der Waals surface area contributed by atoms with Gasteiger partial charge < -0.3 is 10.2 Å². The number of carbonyl (C=O) groups excluding carboxylic acids is 1. The number of carbonyl (C=O) groups is 1. The lowest BCUT2D eigenvalue weighted by Crippen LogP contribution is -2.51. The number of nitrogens with one attached hydrogen (secondary N) is 1. The third kappa shape index (κ3) is 3.63. The molecule has 1 unspecified atom stereocenters. The Morgan fingerprint density at radius 2 is 2.05 bits per heavy atom. The van der Waals surface area contributed by atoms with Crippen molar-refractivity contribution in [2.45, 2.75) is 13.0 Å². The van der Waals surface area contributed by atoms with Gasteiger partial charge in [0, 0.05) is 44.1 Å². The molecule has 1 atom stereocenters. The fourth-order valence-electron chi connectivity index (χ4n) is 2.49. The van der Waals surface area contributed by atoms with Gasteiger partial charge in [0.25, 0.3) is 5.91 Å². The van der Waals surface area contributed by atoms with Crippen LogP contribution in [0.1, 0.15) is 17.3 Å². The Morgan fingerprint density at radius 3 is 2.77 bits per heavy atom. The molecule has 0 saturated carbocycles. The van der Waals surface area contributed by atoms with Crippen LogP contribution in [-0.2, 0) is 0 Å². The fraction of sp³-hybridized carbons (Fsp3) is 0.357. The second-order valence-corrected chi connectivity index (χ2v) is 4.98. The summed E-state index contributed by atoms with van der Waals surface area (Å²) in [7, 11) is 0. The molecule has 1 N–H and O–H groups in total. The molecule has 0 spiro atoms. The van der Waals surface area contributed by atoms with Crippen molar-refractivity contribution >= 4 is 41.8 Å². The van der Waals surface area contributed by atoms with Crippen LogP contribution in [0.25, 0.3) is 11.0 Å². The van der Waals surface area contributed by atoms with E-state index < -0.39 is 5.82 Å². The molecule has 1 aromatic heterocycles. The van der Waals surface area contributed by atoms with E-state index in [1.54, 1.807) is 4.90 Å². The van der Waals surface area contributed by atoms with Gasteiger partial charge in [-0.25, -0.2) is 4.39 Å². The number of rotatable bonds is 1. The van der Waals surface area contributed by atoms with Gasteiger partial charge in [-0.1, -0.05) is 0 Å². The fourth-order valence-corrected chi connectivity index (χ4v) is 2.49. The van der Waals surface area contributed by atoms with E-state index in [1.165, 1.54) is 24.5 Å². The molecule has 1 amide bonds.